The summed E-state index contributed by atoms with van der Waals surface area (Å²) in [4.78, 5) is 38.5. The van der Waals surface area contributed by atoms with Gasteiger partial charge in [0.15, 0.2) is 5.66 Å². The lowest BCUT2D eigenvalue weighted by Gasteiger charge is -2.26. The summed E-state index contributed by atoms with van der Waals surface area (Å²) >= 11 is 0. The lowest BCUT2D eigenvalue weighted by Crippen LogP contribution is -2.49. The van der Waals surface area contributed by atoms with Crippen LogP contribution < -0.4 is 5.32 Å². The third kappa shape index (κ3) is 3.27. The Labute approximate surface area is 161 Å². The lowest BCUT2D eigenvalue weighted by molar-refractivity contribution is -0.134. The maximum absolute atomic E-state index is 12.7. The number of hydrogen-bond acceptors (Lipinski definition) is 5. The Hall–Kier alpha value is -3.47. The van der Waals surface area contributed by atoms with Crippen LogP contribution in [0.25, 0.3) is 10.9 Å². The van der Waals surface area contributed by atoms with Crippen LogP contribution in [-0.2, 0) is 16.1 Å². The van der Waals surface area contributed by atoms with Crippen molar-refractivity contribution < 1.29 is 14.4 Å². The van der Waals surface area contributed by atoms with Gasteiger partial charge in [-0.1, -0.05) is 18.2 Å². The van der Waals surface area contributed by atoms with Crippen LogP contribution in [0.2, 0.25) is 0 Å². The van der Waals surface area contributed by atoms with Crippen molar-refractivity contribution in [1.82, 2.24) is 14.8 Å². The minimum Gasteiger partial charge on any atom is -0.354 e. The molecule has 4 rings (SSSR count). The number of para-hydroxylation sites is 1. The second kappa shape index (κ2) is 6.93. The van der Waals surface area contributed by atoms with E-state index in [4.69, 9.17) is 6.42 Å². The van der Waals surface area contributed by atoms with Crippen molar-refractivity contribution in [3.8, 4) is 12.3 Å². The van der Waals surface area contributed by atoms with Crippen LogP contribution in [0.15, 0.2) is 40.6 Å². The molecule has 1 aromatic heterocycles. The molecule has 0 saturated heterocycles. The number of carbonyl (C=O) groups excluding carboxylic acids is 3. The van der Waals surface area contributed by atoms with Gasteiger partial charge in [0.05, 0.1) is 0 Å². The van der Waals surface area contributed by atoms with Gasteiger partial charge in [-0.05, 0) is 12.1 Å². The molecule has 0 atom stereocenters. The number of terminal acetylenes is 1. The van der Waals surface area contributed by atoms with E-state index in [0.717, 1.165) is 15.8 Å². The molecule has 1 aromatic carbocycles. The summed E-state index contributed by atoms with van der Waals surface area (Å²) in [7, 11) is 0. The van der Waals surface area contributed by atoms with Crippen molar-refractivity contribution in [2.45, 2.75) is 31.5 Å². The minimum absolute atomic E-state index is 0.0365. The molecule has 2 aliphatic heterocycles. The van der Waals surface area contributed by atoms with Gasteiger partial charge >= 0.3 is 0 Å². The first-order valence-electron chi connectivity index (χ1n) is 9.10. The highest BCUT2D eigenvalue weighted by Crippen LogP contribution is 2.36. The van der Waals surface area contributed by atoms with Crippen LogP contribution >= 0.6 is 0 Å². The largest absolute Gasteiger partial charge is 0.354 e. The topological polar surface area (TPSA) is 96.1 Å². The zero-order chi connectivity index (χ0) is 19.7. The summed E-state index contributed by atoms with van der Waals surface area (Å²) in [6, 6.07) is 9.24. The van der Waals surface area contributed by atoms with Crippen molar-refractivity contribution in [3.63, 3.8) is 0 Å². The molecule has 2 aromatic rings. The molecule has 3 amide bonds. The highest BCUT2D eigenvalue weighted by Gasteiger charge is 2.39. The number of nitrogens with one attached hydrogen (secondary N) is 1. The van der Waals surface area contributed by atoms with E-state index in [1.165, 1.54) is 0 Å². The fourth-order valence-electron chi connectivity index (χ4n) is 3.46. The molecule has 2 aliphatic rings. The van der Waals surface area contributed by atoms with Crippen molar-refractivity contribution in [2.75, 3.05) is 13.1 Å². The van der Waals surface area contributed by atoms with Gasteiger partial charge in [-0.2, -0.15) is 10.2 Å². The normalized spacial score (nSPS) is 16.8. The third-order valence-electron chi connectivity index (χ3n) is 5.07. The molecule has 0 spiro atoms. The molecule has 0 radical (unpaired) electrons. The Morgan fingerprint density at radius 3 is 2.79 bits per heavy atom. The molecule has 1 N–H and O–H groups in total. The molecule has 0 saturated carbocycles. The number of carbonyl (C=O) groups is 3. The minimum atomic E-state index is -0.475. The quantitative estimate of drug-likeness (QED) is 0.588. The summed E-state index contributed by atoms with van der Waals surface area (Å²) < 4.78 is 1.69. The molecule has 0 unspecified atom stereocenters. The first kappa shape index (κ1) is 17.9. The molecule has 0 bridgehead atoms. The van der Waals surface area contributed by atoms with E-state index < -0.39 is 17.5 Å². The number of fused-ring (bicyclic) bond motifs is 3. The van der Waals surface area contributed by atoms with Crippen LogP contribution in [0.4, 0.5) is 0 Å². The van der Waals surface area contributed by atoms with Gasteiger partial charge in [0.25, 0.3) is 5.91 Å². The van der Waals surface area contributed by atoms with E-state index in [2.05, 4.69) is 21.5 Å². The van der Waals surface area contributed by atoms with Gasteiger partial charge in [0, 0.05) is 36.7 Å². The molecule has 142 valence electrons. The number of benzene rings is 1. The lowest BCUT2D eigenvalue weighted by atomic mass is 10.0. The van der Waals surface area contributed by atoms with Crippen LogP contribution in [0, 0.1) is 12.3 Å². The van der Waals surface area contributed by atoms with Gasteiger partial charge in [-0.15, -0.1) is 12.3 Å². The molecule has 0 aliphatic carbocycles. The van der Waals surface area contributed by atoms with Crippen LogP contribution in [0.5, 0.6) is 0 Å². The van der Waals surface area contributed by atoms with E-state index in [0.29, 0.717) is 31.5 Å². The Bertz CT molecular complexity index is 1040. The zero-order valence-corrected chi connectivity index (χ0v) is 15.2. The highest BCUT2D eigenvalue weighted by molar-refractivity contribution is 6.11. The van der Waals surface area contributed by atoms with Crippen molar-refractivity contribution in [1.29, 1.82) is 0 Å². The third-order valence-corrected chi connectivity index (χ3v) is 5.07. The second-order valence-electron chi connectivity index (χ2n) is 6.95. The van der Waals surface area contributed by atoms with E-state index in [-0.39, 0.29) is 19.0 Å². The van der Waals surface area contributed by atoms with Crippen LogP contribution in [-0.4, -0.2) is 45.9 Å². The SMILES string of the molecule is C#CCCC1(CCNC(=O)CN2C(=O)Cn3c(cc4ccccc43)C2=O)N=N1. The Morgan fingerprint density at radius 1 is 1.25 bits per heavy atom. The number of aromatic nitrogens is 1. The van der Waals surface area contributed by atoms with Gasteiger partial charge in [0.1, 0.15) is 18.8 Å². The smallest absolute Gasteiger partial charge is 0.277 e. The number of imide groups is 1. The monoisotopic (exact) mass is 377 g/mol. The van der Waals surface area contributed by atoms with E-state index in [9.17, 15) is 14.4 Å². The molecule has 28 heavy (non-hydrogen) atoms. The fraction of sp³-hybridized carbons (Fsp3) is 0.350. The number of rotatable bonds is 7. The second-order valence-corrected chi connectivity index (χ2v) is 6.95. The van der Waals surface area contributed by atoms with Gasteiger partial charge in [0.2, 0.25) is 11.8 Å². The van der Waals surface area contributed by atoms with Crippen molar-refractivity contribution in [2.24, 2.45) is 10.2 Å². The van der Waals surface area contributed by atoms with E-state index >= 15 is 0 Å². The number of nitrogens with zero attached hydrogens (tertiary/aromatic N) is 4. The van der Waals surface area contributed by atoms with Crippen LogP contribution in [0.3, 0.4) is 0 Å². The van der Waals surface area contributed by atoms with E-state index in [1.807, 2.05) is 24.3 Å². The summed E-state index contributed by atoms with van der Waals surface area (Å²) in [5.74, 6) is 1.31. The molecule has 3 heterocycles. The molecule has 8 nitrogen and oxygen atoms in total. The summed E-state index contributed by atoms with van der Waals surface area (Å²) in [6.07, 6.45) is 7.04. The number of amides is 3. The van der Waals surface area contributed by atoms with Gasteiger partial charge in [-0.3, -0.25) is 19.3 Å². The molecule has 8 heteroatoms. The van der Waals surface area contributed by atoms with Gasteiger partial charge in [-0.25, -0.2) is 0 Å². The molecular formula is C20H19N5O3. The Morgan fingerprint density at radius 2 is 2.04 bits per heavy atom. The Balaban J connectivity index is 1.37. The van der Waals surface area contributed by atoms with Crippen molar-refractivity contribution >= 4 is 28.6 Å². The predicted octanol–water partition coefficient (Wildman–Crippen LogP) is 1.71. The predicted molar refractivity (Wildman–Crippen MR) is 101 cm³/mol. The first-order valence-corrected chi connectivity index (χ1v) is 9.10. The summed E-state index contributed by atoms with van der Waals surface area (Å²) in [6.45, 7) is 0.0898. The maximum Gasteiger partial charge on any atom is 0.277 e. The van der Waals surface area contributed by atoms with Crippen LogP contribution in [0.1, 0.15) is 29.8 Å². The molecular weight excluding hydrogens is 358 g/mol. The summed E-state index contributed by atoms with van der Waals surface area (Å²) in [5, 5.41) is 11.6. The maximum atomic E-state index is 12.7. The molecule has 0 fully saturated rings. The average molecular weight is 377 g/mol. The van der Waals surface area contributed by atoms with Gasteiger partial charge < -0.3 is 9.88 Å². The Kier molecular flexibility index (Phi) is 4.43. The standard InChI is InChI=1S/C20H19N5O3/c1-2-3-8-20(22-23-20)9-10-21-17(26)12-25-18(27)13-24-15-7-5-4-6-14(15)11-16(24)19(25)28/h1,4-7,11H,3,8-10,12-13H2,(H,21,26). The number of hydrogen-bond donors (Lipinski definition) is 1. The average Bonchev–Trinajstić information content (AvgIpc) is 3.36. The zero-order valence-electron chi connectivity index (χ0n) is 15.2. The first-order chi connectivity index (χ1) is 13.5. The van der Waals surface area contributed by atoms with Crippen molar-refractivity contribution in [3.05, 3.63) is 36.0 Å². The fourth-order valence-corrected chi connectivity index (χ4v) is 3.46. The summed E-state index contributed by atoms with van der Waals surface area (Å²) in [5.41, 5.74) is 0.770. The van der Waals surface area contributed by atoms with E-state index in [1.54, 1.807) is 10.6 Å². The highest BCUT2D eigenvalue weighted by atomic mass is 16.2.